The summed E-state index contributed by atoms with van der Waals surface area (Å²) in [6, 6.07) is 19.7. The van der Waals surface area contributed by atoms with Crippen molar-refractivity contribution in [2.45, 2.75) is 108 Å². The van der Waals surface area contributed by atoms with Crippen LogP contribution in [0, 0.1) is 11.3 Å². The molecule has 1 spiro atoms. The van der Waals surface area contributed by atoms with Crippen molar-refractivity contribution in [2.24, 2.45) is 0 Å². The molecule has 0 bridgehead atoms. The summed E-state index contributed by atoms with van der Waals surface area (Å²) in [5.41, 5.74) is 5.50. The van der Waals surface area contributed by atoms with Crippen LogP contribution in [0.25, 0.3) is 0 Å². The van der Waals surface area contributed by atoms with E-state index in [1.807, 2.05) is 39.0 Å². The second-order valence-corrected chi connectivity index (χ2v) is 15.4. The third-order valence-corrected chi connectivity index (χ3v) is 10.7. The fourth-order valence-electron chi connectivity index (χ4n) is 8.25. The van der Waals surface area contributed by atoms with Crippen LogP contribution in [0.4, 0.5) is 10.6 Å². The summed E-state index contributed by atoms with van der Waals surface area (Å²) in [6.45, 7) is 9.20. The molecule has 2 fully saturated rings. The molecule has 1 amide bonds. The van der Waals surface area contributed by atoms with Gasteiger partial charge in [-0.1, -0.05) is 36.4 Å². The molecule has 264 valence electrons. The lowest BCUT2D eigenvalue weighted by atomic mass is 9.62. The first-order chi connectivity index (χ1) is 24.2. The van der Waals surface area contributed by atoms with E-state index in [-0.39, 0.29) is 24.0 Å². The number of rotatable bonds is 8. The Morgan fingerprint density at radius 1 is 1.06 bits per heavy atom. The lowest BCUT2D eigenvalue weighted by Crippen LogP contribution is -2.56. The fraction of sp³-hybridized carbons (Fsp3) is 0.550. The summed E-state index contributed by atoms with van der Waals surface area (Å²) in [4.78, 5) is 27.3. The van der Waals surface area contributed by atoms with Crippen molar-refractivity contribution in [1.29, 1.82) is 5.26 Å². The first kappa shape index (κ1) is 34.1. The Labute approximate surface area is 296 Å². The smallest absolute Gasteiger partial charge is 0.410 e. The predicted molar refractivity (Wildman–Crippen MR) is 192 cm³/mol. The Morgan fingerprint density at radius 2 is 1.92 bits per heavy atom. The van der Waals surface area contributed by atoms with Crippen molar-refractivity contribution in [3.8, 4) is 17.8 Å². The fourth-order valence-corrected chi connectivity index (χ4v) is 8.25. The van der Waals surface area contributed by atoms with Gasteiger partial charge in [0.15, 0.2) is 0 Å². The molecular formula is C40H50N6O4. The van der Waals surface area contributed by atoms with Crippen molar-refractivity contribution in [2.75, 3.05) is 37.7 Å². The summed E-state index contributed by atoms with van der Waals surface area (Å²) < 4.78 is 18.4. The second-order valence-electron chi connectivity index (χ2n) is 15.4. The number of piperazine rings is 1. The number of amides is 1. The normalized spacial score (nSPS) is 23.2. The van der Waals surface area contributed by atoms with Gasteiger partial charge >= 0.3 is 12.1 Å². The average Bonchev–Trinajstić information content (AvgIpc) is 3.63. The molecule has 4 aliphatic rings. The molecule has 2 aromatic carbocycles. The molecular weight excluding hydrogens is 628 g/mol. The Balaban J connectivity index is 1.18. The minimum absolute atomic E-state index is 0.0403. The highest BCUT2D eigenvalue weighted by atomic mass is 16.6. The zero-order valence-electron chi connectivity index (χ0n) is 29.7. The molecule has 1 N–H and O–H groups in total. The molecule has 7 rings (SSSR count). The average molecular weight is 679 g/mol. The Hall–Kier alpha value is -4.36. The molecule has 3 heterocycles. The molecule has 0 saturated carbocycles. The number of anilines is 1. The summed E-state index contributed by atoms with van der Waals surface area (Å²) >= 11 is 0. The zero-order chi connectivity index (χ0) is 34.7. The molecule has 50 heavy (non-hydrogen) atoms. The number of nitrogens with one attached hydrogen (secondary N) is 1. The third kappa shape index (κ3) is 7.53. The summed E-state index contributed by atoms with van der Waals surface area (Å²) in [5, 5.41) is 13.3. The largest absolute Gasteiger partial charge is 0.489 e. The van der Waals surface area contributed by atoms with Crippen molar-refractivity contribution >= 4 is 11.9 Å². The van der Waals surface area contributed by atoms with Crippen molar-refractivity contribution in [3.05, 3.63) is 76.5 Å². The van der Waals surface area contributed by atoms with E-state index < -0.39 is 5.60 Å². The maximum atomic E-state index is 13.2. The van der Waals surface area contributed by atoms with Crippen molar-refractivity contribution in [1.82, 2.24) is 20.2 Å². The van der Waals surface area contributed by atoms with E-state index >= 15 is 0 Å². The Morgan fingerprint density at radius 3 is 2.70 bits per heavy atom. The van der Waals surface area contributed by atoms with Gasteiger partial charge in [-0.3, -0.25) is 0 Å². The van der Waals surface area contributed by atoms with Crippen LogP contribution in [0.1, 0.15) is 87.2 Å². The topological polar surface area (TPSA) is 113 Å². The van der Waals surface area contributed by atoms with E-state index in [9.17, 15) is 10.1 Å². The van der Waals surface area contributed by atoms with E-state index in [1.54, 1.807) is 4.90 Å². The van der Waals surface area contributed by atoms with Crippen LogP contribution in [-0.2, 0) is 36.0 Å². The number of aryl methyl sites for hydroxylation is 1. The van der Waals surface area contributed by atoms with E-state index in [4.69, 9.17) is 24.2 Å². The zero-order valence-corrected chi connectivity index (χ0v) is 29.7. The highest BCUT2D eigenvalue weighted by Gasteiger charge is 2.43. The first-order valence-electron chi connectivity index (χ1n) is 18.4. The van der Waals surface area contributed by atoms with Gasteiger partial charge in [0.2, 0.25) is 0 Å². The number of carbonyl (C=O) groups is 1. The van der Waals surface area contributed by atoms with Crippen LogP contribution in [0.3, 0.4) is 0 Å². The summed E-state index contributed by atoms with van der Waals surface area (Å²) in [5.74, 6) is 1.78. The van der Waals surface area contributed by atoms with Crippen molar-refractivity contribution in [3.63, 3.8) is 0 Å². The van der Waals surface area contributed by atoms with E-state index in [1.165, 1.54) is 11.1 Å². The maximum Gasteiger partial charge on any atom is 0.410 e. The van der Waals surface area contributed by atoms with E-state index in [0.29, 0.717) is 44.9 Å². The number of nitrogens with zero attached hydrogens (tertiary/aromatic N) is 5. The standard InChI is InChI=1S/C40H50N6O4/c1-39(2,3)50-38(47)46-22-21-45(25-31(46)16-19-41)36-33-15-18-40(24-35(33)43-37(44-36)49-27-30-12-8-20-42-30)17-7-11-29-13-14-32(23-34(29)40)48-26-28-9-5-4-6-10-28/h4-6,9-10,13-14,23,30-31,42H,7-8,11-12,15-18,20-22,24-27H2,1-3H3/t30-,31-,40?/m0/s1. The number of benzene rings is 2. The molecule has 2 aliphatic carbocycles. The van der Waals surface area contributed by atoms with Gasteiger partial charge in [-0.15, -0.1) is 0 Å². The lowest BCUT2D eigenvalue weighted by Gasteiger charge is -2.45. The number of nitriles is 1. The van der Waals surface area contributed by atoms with Gasteiger partial charge in [0.1, 0.15) is 30.4 Å². The van der Waals surface area contributed by atoms with Gasteiger partial charge in [0.25, 0.3) is 0 Å². The highest BCUT2D eigenvalue weighted by molar-refractivity contribution is 5.69. The van der Waals surface area contributed by atoms with E-state index in [0.717, 1.165) is 86.3 Å². The summed E-state index contributed by atoms with van der Waals surface area (Å²) in [7, 11) is 0. The third-order valence-electron chi connectivity index (χ3n) is 10.7. The predicted octanol–water partition coefficient (Wildman–Crippen LogP) is 6.29. The van der Waals surface area contributed by atoms with Crippen LogP contribution in [0.15, 0.2) is 48.5 Å². The number of hydrogen-bond donors (Lipinski definition) is 1. The number of ether oxygens (including phenoxy) is 3. The molecule has 2 aliphatic heterocycles. The van der Waals surface area contributed by atoms with Crippen LogP contribution in [-0.4, -0.2) is 71.4 Å². The van der Waals surface area contributed by atoms with Gasteiger partial charge < -0.3 is 29.3 Å². The molecule has 10 nitrogen and oxygen atoms in total. The van der Waals surface area contributed by atoms with Gasteiger partial charge in [-0.25, -0.2) is 4.79 Å². The molecule has 3 atom stereocenters. The van der Waals surface area contributed by atoms with Crippen molar-refractivity contribution < 1.29 is 19.0 Å². The quantitative estimate of drug-likeness (QED) is 0.294. The Kier molecular flexibility index (Phi) is 9.87. The molecule has 10 heteroatoms. The van der Waals surface area contributed by atoms with Crippen LogP contribution in [0.5, 0.6) is 11.8 Å². The highest BCUT2D eigenvalue weighted by Crippen LogP contribution is 2.48. The van der Waals surface area contributed by atoms with Gasteiger partial charge in [-0.2, -0.15) is 15.2 Å². The number of hydrogen-bond acceptors (Lipinski definition) is 9. The lowest BCUT2D eigenvalue weighted by molar-refractivity contribution is 0.0144. The Bertz CT molecular complexity index is 1710. The van der Waals surface area contributed by atoms with Crippen LogP contribution < -0.4 is 19.7 Å². The monoisotopic (exact) mass is 678 g/mol. The first-order valence-corrected chi connectivity index (χ1v) is 18.4. The minimum atomic E-state index is -0.611. The molecule has 0 radical (unpaired) electrons. The molecule has 1 aromatic heterocycles. The maximum absolute atomic E-state index is 13.2. The minimum Gasteiger partial charge on any atom is -0.489 e. The summed E-state index contributed by atoms with van der Waals surface area (Å²) in [6.07, 6.45) is 8.03. The van der Waals surface area contributed by atoms with Crippen LogP contribution >= 0.6 is 0 Å². The van der Waals surface area contributed by atoms with Gasteiger partial charge in [-0.05, 0) is 108 Å². The molecule has 1 unspecified atom stereocenters. The number of carbonyl (C=O) groups excluding carboxylic acids is 1. The SMILES string of the molecule is CC(C)(C)OC(=O)N1CCN(c2nc(OC[C@@H]3CCCN3)nc3c2CCC2(CCCc4ccc(OCc5ccccc5)cc42)C3)C[C@@H]1CC#N. The molecule has 2 saturated heterocycles. The number of aromatic nitrogens is 2. The van der Waals surface area contributed by atoms with Crippen LogP contribution in [0.2, 0.25) is 0 Å². The number of fused-ring (bicyclic) bond motifs is 3. The van der Waals surface area contributed by atoms with Gasteiger partial charge in [0.05, 0.1) is 24.2 Å². The van der Waals surface area contributed by atoms with Gasteiger partial charge in [0, 0.05) is 36.7 Å². The molecule has 3 aromatic rings. The van der Waals surface area contributed by atoms with E-state index in [2.05, 4.69) is 46.6 Å². The second kappa shape index (κ2) is 14.5.